The summed E-state index contributed by atoms with van der Waals surface area (Å²) in [6.45, 7) is 6.67. The largest absolute Gasteiger partial charge is 0.376 e. The SMILES string of the molecule is CCC1NC([C@@H](C)Cc2ccc(C)cc2)=CS1. The molecule has 2 atom stereocenters. The number of hydrogen-bond acceptors (Lipinski definition) is 2. The predicted octanol–water partition coefficient (Wildman–Crippen LogP) is 4.09. The fraction of sp³-hybridized carbons (Fsp3) is 0.467. The Labute approximate surface area is 109 Å². The maximum atomic E-state index is 3.60. The Morgan fingerprint density at radius 2 is 2.00 bits per heavy atom. The molecule has 1 aromatic carbocycles. The third-order valence-corrected chi connectivity index (χ3v) is 4.42. The molecule has 1 nitrogen and oxygen atoms in total. The summed E-state index contributed by atoms with van der Waals surface area (Å²) < 4.78 is 0. The van der Waals surface area contributed by atoms with Gasteiger partial charge in [-0.1, -0.05) is 43.7 Å². The molecule has 2 heteroatoms. The van der Waals surface area contributed by atoms with E-state index >= 15 is 0 Å². The fourth-order valence-corrected chi connectivity index (χ4v) is 3.06. The molecular formula is C15H21NS. The van der Waals surface area contributed by atoms with Crippen molar-refractivity contribution in [3.05, 3.63) is 46.5 Å². The summed E-state index contributed by atoms with van der Waals surface area (Å²) in [6.07, 6.45) is 2.30. The molecule has 1 heterocycles. The normalized spacial score (nSPS) is 20.9. The average Bonchev–Trinajstić information content (AvgIpc) is 2.81. The van der Waals surface area contributed by atoms with E-state index in [1.54, 1.807) is 0 Å². The van der Waals surface area contributed by atoms with Gasteiger partial charge in [-0.05, 0) is 30.7 Å². The lowest BCUT2D eigenvalue weighted by Crippen LogP contribution is -2.23. The van der Waals surface area contributed by atoms with Crippen LogP contribution in [0.3, 0.4) is 0 Å². The van der Waals surface area contributed by atoms with Gasteiger partial charge in [0.05, 0.1) is 5.37 Å². The molecule has 0 aromatic heterocycles. The molecule has 0 fully saturated rings. The van der Waals surface area contributed by atoms with Crippen molar-refractivity contribution in [2.45, 2.75) is 39.0 Å². The molecule has 0 radical (unpaired) electrons. The van der Waals surface area contributed by atoms with Crippen LogP contribution in [0, 0.1) is 12.8 Å². The molecule has 1 N–H and O–H groups in total. The lowest BCUT2D eigenvalue weighted by atomic mass is 9.98. The molecule has 1 aromatic rings. The maximum Gasteiger partial charge on any atom is 0.0758 e. The Balaban J connectivity index is 1.93. The van der Waals surface area contributed by atoms with Crippen LogP contribution >= 0.6 is 11.8 Å². The van der Waals surface area contributed by atoms with Crippen molar-refractivity contribution in [1.82, 2.24) is 5.32 Å². The Morgan fingerprint density at radius 3 is 2.59 bits per heavy atom. The molecular weight excluding hydrogens is 226 g/mol. The first-order valence-electron chi connectivity index (χ1n) is 6.36. The summed E-state index contributed by atoms with van der Waals surface area (Å²) >= 11 is 1.92. The molecule has 0 amide bonds. The van der Waals surface area contributed by atoms with E-state index < -0.39 is 0 Å². The number of nitrogens with one attached hydrogen (secondary N) is 1. The summed E-state index contributed by atoms with van der Waals surface area (Å²) in [5.41, 5.74) is 4.17. The zero-order valence-electron chi connectivity index (χ0n) is 10.9. The highest BCUT2D eigenvalue weighted by Gasteiger charge is 2.19. The van der Waals surface area contributed by atoms with Crippen LogP contribution in [0.5, 0.6) is 0 Å². The highest BCUT2D eigenvalue weighted by molar-refractivity contribution is 8.02. The molecule has 1 unspecified atom stereocenters. The van der Waals surface area contributed by atoms with Gasteiger partial charge in [0.2, 0.25) is 0 Å². The first-order chi connectivity index (χ1) is 8.19. The van der Waals surface area contributed by atoms with Crippen LogP contribution in [0.15, 0.2) is 35.4 Å². The Hall–Kier alpha value is -0.890. The van der Waals surface area contributed by atoms with Crippen molar-refractivity contribution in [2.75, 3.05) is 0 Å². The summed E-state index contributed by atoms with van der Waals surface area (Å²) in [7, 11) is 0. The number of rotatable bonds is 4. The first-order valence-corrected chi connectivity index (χ1v) is 7.31. The Morgan fingerprint density at radius 1 is 1.29 bits per heavy atom. The maximum absolute atomic E-state index is 3.60. The van der Waals surface area contributed by atoms with Crippen LogP contribution in [-0.2, 0) is 6.42 Å². The zero-order chi connectivity index (χ0) is 12.3. The van der Waals surface area contributed by atoms with Gasteiger partial charge >= 0.3 is 0 Å². The van der Waals surface area contributed by atoms with Gasteiger partial charge in [-0.2, -0.15) is 0 Å². The number of hydrogen-bond donors (Lipinski definition) is 1. The Bertz CT molecular complexity index is 394. The van der Waals surface area contributed by atoms with E-state index in [0.717, 1.165) is 6.42 Å². The van der Waals surface area contributed by atoms with Crippen LogP contribution in [0.2, 0.25) is 0 Å². The van der Waals surface area contributed by atoms with Gasteiger partial charge in [0.1, 0.15) is 0 Å². The molecule has 2 rings (SSSR count). The summed E-state index contributed by atoms with van der Waals surface area (Å²) in [5, 5.41) is 6.48. The number of thioether (sulfide) groups is 1. The third kappa shape index (κ3) is 3.29. The van der Waals surface area contributed by atoms with Gasteiger partial charge in [-0.25, -0.2) is 0 Å². The van der Waals surface area contributed by atoms with Gasteiger partial charge in [-0.15, -0.1) is 11.8 Å². The summed E-state index contributed by atoms with van der Waals surface area (Å²) in [6, 6.07) is 8.88. The van der Waals surface area contributed by atoms with Gasteiger partial charge in [0.25, 0.3) is 0 Å². The average molecular weight is 247 g/mol. The lowest BCUT2D eigenvalue weighted by molar-refractivity contribution is 0.591. The van der Waals surface area contributed by atoms with Crippen LogP contribution in [0.1, 0.15) is 31.4 Å². The smallest absolute Gasteiger partial charge is 0.0758 e. The van der Waals surface area contributed by atoms with Crippen molar-refractivity contribution in [3.8, 4) is 0 Å². The van der Waals surface area contributed by atoms with E-state index in [1.165, 1.54) is 23.2 Å². The molecule has 92 valence electrons. The summed E-state index contributed by atoms with van der Waals surface area (Å²) in [5.74, 6) is 0.585. The Kier molecular flexibility index (Phi) is 4.16. The quantitative estimate of drug-likeness (QED) is 0.860. The molecule has 0 aliphatic carbocycles. The molecule has 0 spiro atoms. The molecule has 0 saturated carbocycles. The molecule has 1 aliphatic heterocycles. The fourth-order valence-electron chi connectivity index (χ4n) is 2.05. The lowest BCUT2D eigenvalue weighted by Gasteiger charge is -2.16. The monoisotopic (exact) mass is 247 g/mol. The minimum absolute atomic E-state index is 0.585. The highest BCUT2D eigenvalue weighted by Crippen LogP contribution is 2.28. The number of allylic oxidation sites excluding steroid dienone is 1. The van der Waals surface area contributed by atoms with Gasteiger partial charge in [0, 0.05) is 11.6 Å². The minimum atomic E-state index is 0.585. The molecule has 0 saturated heterocycles. The van der Waals surface area contributed by atoms with Crippen LogP contribution in [0.4, 0.5) is 0 Å². The van der Waals surface area contributed by atoms with Crippen molar-refractivity contribution >= 4 is 11.8 Å². The van der Waals surface area contributed by atoms with Gasteiger partial charge in [-0.3, -0.25) is 0 Å². The third-order valence-electron chi connectivity index (χ3n) is 3.25. The van der Waals surface area contributed by atoms with E-state index in [9.17, 15) is 0 Å². The van der Waals surface area contributed by atoms with Gasteiger partial charge in [0.15, 0.2) is 0 Å². The van der Waals surface area contributed by atoms with E-state index in [1.807, 2.05) is 11.8 Å². The summed E-state index contributed by atoms with van der Waals surface area (Å²) in [4.78, 5) is 0. The highest BCUT2D eigenvalue weighted by atomic mass is 32.2. The van der Waals surface area contributed by atoms with Crippen molar-refractivity contribution in [1.29, 1.82) is 0 Å². The van der Waals surface area contributed by atoms with E-state index in [2.05, 4.69) is 55.8 Å². The number of aryl methyl sites for hydroxylation is 1. The minimum Gasteiger partial charge on any atom is -0.376 e. The standard InChI is InChI=1S/C15H21NS/c1-4-15-16-14(10-17-15)12(3)9-13-7-5-11(2)6-8-13/h5-8,10,12,15-16H,4,9H2,1-3H3/t12-,15?/m0/s1. The molecule has 17 heavy (non-hydrogen) atoms. The van der Waals surface area contributed by atoms with Crippen molar-refractivity contribution in [3.63, 3.8) is 0 Å². The molecule has 1 aliphatic rings. The van der Waals surface area contributed by atoms with E-state index in [4.69, 9.17) is 0 Å². The topological polar surface area (TPSA) is 12.0 Å². The van der Waals surface area contributed by atoms with Crippen molar-refractivity contribution < 1.29 is 0 Å². The van der Waals surface area contributed by atoms with Crippen LogP contribution in [0.25, 0.3) is 0 Å². The van der Waals surface area contributed by atoms with Crippen LogP contribution < -0.4 is 5.32 Å². The predicted molar refractivity (Wildman–Crippen MR) is 76.9 cm³/mol. The van der Waals surface area contributed by atoms with Crippen LogP contribution in [-0.4, -0.2) is 5.37 Å². The second-order valence-electron chi connectivity index (χ2n) is 4.84. The first kappa shape index (κ1) is 12.6. The molecule has 0 bridgehead atoms. The van der Waals surface area contributed by atoms with Gasteiger partial charge < -0.3 is 5.32 Å². The zero-order valence-corrected chi connectivity index (χ0v) is 11.7. The van der Waals surface area contributed by atoms with E-state index in [0.29, 0.717) is 11.3 Å². The second-order valence-corrected chi connectivity index (χ2v) is 5.92. The second kappa shape index (κ2) is 5.63. The van der Waals surface area contributed by atoms with E-state index in [-0.39, 0.29) is 0 Å². The van der Waals surface area contributed by atoms with Crippen molar-refractivity contribution in [2.24, 2.45) is 5.92 Å². The number of benzene rings is 1.